The van der Waals surface area contributed by atoms with Crippen molar-refractivity contribution >= 4 is 33.3 Å². The van der Waals surface area contributed by atoms with Crippen LogP contribution in [0.2, 0.25) is 0 Å². The molecule has 11 heteroatoms. The maximum absolute atomic E-state index is 13.3. The van der Waals surface area contributed by atoms with Crippen LogP contribution in [0.1, 0.15) is 11.1 Å². The fourth-order valence-corrected chi connectivity index (χ4v) is 6.86. The summed E-state index contributed by atoms with van der Waals surface area (Å²) in [4.78, 5) is 22.9. The molecule has 2 aliphatic rings. The first kappa shape index (κ1) is 21.8. The third-order valence-electron chi connectivity index (χ3n) is 5.79. The Balaban J connectivity index is 1.27. The summed E-state index contributed by atoms with van der Waals surface area (Å²) in [7, 11) is -3.58. The van der Waals surface area contributed by atoms with Crippen LogP contribution in [0.25, 0.3) is 10.6 Å². The number of nitrogens with zero attached hydrogens (tertiary/aromatic N) is 4. The lowest BCUT2D eigenvalue weighted by molar-refractivity contribution is 0.219. The Morgan fingerprint density at radius 3 is 2.76 bits per heavy atom. The highest BCUT2D eigenvalue weighted by Gasteiger charge is 2.29. The van der Waals surface area contributed by atoms with Crippen LogP contribution in [-0.2, 0) is 23.0 Å². The molecule has 2 aromatic heterocycles. The van der Waals surface area contributed by atoms with Gasteiger partial charge >= 0.3 is 6.03 Å². The Bertz CT molecular complexity index is 1280. The lowest BCUT2D eigenvalue weighted by Crippen LogP contribution is -2.35. The second-order valence-corrected chi connectivity index (χ2v) is 11.1. The van der Waals surface area contributed by atoms with Crippen molar-refractivity contribution in [2.24, 2.45) is 0 Å². The molecule has 0 spiro atoms. The summed E-state index contributed by atoms with van der Waals surface area (Å²) in [5.41, 5.74) is 2.92. The number of urea groups is 1. The number of anilines is 1. The van der Waals surface area contributed by atoms with Crippen LogP contribution in [0, 0.1) is 0 Å². The molecule has 0 radical (unpaired) electrons. The average Bonchev–Trinajstić information content (AvgIpc) is 3.49. The van der Waals surface area contributed by atoms with Crippen LogP contribution in [-0.4, -0.2) is 66.3 Å². The quantitative estimate of drug-likeness (QED) is 0.533. The standard InChI is InChI=1S/C22H24N6O3S2/c29-22-25-11-14-27(22)13-10-24-21-23-9-7-18(26-21)19-5-6-20(32-19)33(30,31)28-12-8-16-3-1-2-4-17(16)15-28/h1-7,9H,8,10-15H2,(H,25,29)(H,23,24,26). The number of hydrogen-bond acceptors (Lipinski definition) is 7. The van der Waals surface area contributed by atoms with E-state index in [1.54, 1.807) is 33.6 Å². The van der Waals surface area contributed by atoms with Crippen LogP contribution in [0.15, 0.2) is 52.9 Å². The second-order valence-electron chi connectivity index (χ2n) is 7.89. The number of hydrogen-bond donors (Lipinski definition) is 2. The van der Waals surface area contributed by atoms with E-state index in [1.807, 2.05) is 18.2 Å². The molecule has 0 atom stereocenters. The topological polar surface area (TPSA) is 108 Å². The van der Waals surface area contributed by atoms with Gasteiger partial charge < -0.3 is 15.5 Å². The Hall–Kier alpha value is -3.02. The zero-order valence-corrected chi connectivity index (χ0v) is 19.5. The first-order valence-electron chi connectivity index (χ1n) is 10.8. The fraction of sp³-hybridized carbons (Fsp3) is 0.318. The number of nitrogens with one attached hydrogen (secondary N) is 2. The van der Waals surface area contributed by atoms with Gasteiger partial charge in [-0.15, -0.1) is 11.3 Å². The fourth-order valence-electron chi connectivity index (χ4n) is 4.01. The summed E-state index contributed by atoms with van der Waals surface area (Å²) >= 11 is 1.21. The van der Waals surface area contributed by atoms with Gasteiger partial charge in [-0.3, -0.25) is 0 Å². The van der Waals surface area contributed by atoms with E-state index in [4.69, 9.17) is 0 Å². The summed E-state index contributed by atoms with van der Waals surface area (Å²) in [5.74, 6) is 0.442. The van der Waals surface area contributed by atoms with Gasteiger partial charge in [0, 0.05) is 45.5 Å². The van der Waals surface area contributed by atoms with Crippen molar-refractivity contribution in [2.45, 2.75) is 17.2 Å². The average molecular weight is 485 g/mol. The number of aromatic nitrogens is 2. The number of sulfonamides is 1. The normalized spacial score (nSPS) is 16.5. The van der Waals surface area contributed by atoms with Gasteiger partial charge in [-0.05, 0) is 35.7 Å². The van der Waals surface area contributed by atoms with Crippen LogP contribution < -0.4 is 10.6 Å². The van der Waals surface area contributed by atoms with Crippen molar-refractivity contribution in [3.05, 3.63) is 59.8 Å². The molecule has 5 rings (SSSR count). The van der Waals surface area contributed by atoms with E-state index in [2.05, 4.69) is 26.7 Å². The highest BCUT2D eigenvalue weighted by atomic mass is 32.2. The number of carbonyl (C=O) groups excluding carboxylic acids is 1. The molecule has 0 bridgehead atoms. The van der Waals surface area contributed by atoms with E-state index in [1.165, 1.54) is 16.9 Å². The molecule has 0 aliphatic carbocycles. The number of fused-ring (bicyclic) bond motifs is 1. The highest BCUT2D eigenvalue weighted by molar-refractivity contribution is 7.91. The van der Waals surface area contributed by atoms with E-state index < -0.39 is 10.0 Å². The number of carbonyl (C=O) groups is 1. The van der Waals surface area contributed by atoms with E-state index >= 15 is 0 Å². The molecular weight excluding hydrogens is 460 g/mol. The van der Waals surface area contributed by atoms with Gasteiger partial charge in [0.2, 0.25) is 5.95 Å². The number of benzene rings is 1. The Kier molecular flexibility index (Phi) is 6.00. The summed E-state index contributed by atoms with van der Waals surface area (Å²) in [6.45, 7) is 3.30. The number of thiophene rings is 1. The van der Waals surface area contributed by atoms with Crippen molar-refractivity contribution < 1.29 is 13.2 Å². The van der Waals surface area contributed by atoms with Gasteiger partial charge in [0.15, 0.2) is 0 Å². The third kappa shape index (κ3) is 4.56. The molecule has 2 N–H and O–H groups in total. The molecule has 0 saturated carbocycles. The summed E-state index contributed by atoms with van der Waals surface area (Å²) in [6, 6.07) is 13.1. The molecule has 2 amide bonds. The van der Waals surface area contributed by atoms with Crippen LogP contribution in [0.3, 0.4) is 0 Å². The third-order valence-corrected chi connectivity index (χ3v) is 9.21. The first-order valence-corrected chi connectivity index (χ1v) is 13.0. The Labute approximate surface area is 196 Å². The number of amides is 2. The molecule has 0 unspecified atom stereocenters. The van der Waals surface area contributed by atoms with E-state index in [0.29, 0.717) is 61.5 Å². The molecule has 1 saturated heterocycles. The van der Waals surface area contributed by atoms with Gasteiger partial charge in [-0.25, -0.2) is 23.2 Å². The zero-order valence-electron chi connectivity index (χ0n) is 17.9. The molecule has 3 aromatic rings. The Morgan fingerprint density at radius 1 is 1.09 bits per heavy atom. The van der Waals surface area contributed by atoms with Gasteiger partial charge in [0.05, 0.1) is 10.6 Å². The van der Waals surface area contributed by atoms with Crippen LogP contribution >= 0.6 is 11.3 Å². The summed E-state index contributed by atoms with van der Waals surface area (Å²) in [6.07, 6.45) is 2.36. The zero-order chi connectivity index (χ0) is 22.8. The summed E-state index contributed by atoms with van der Waals surface area (Å²) in [5, 5.41) is 5.90. The molecule has 1 aromatic carbocycles. The van der Waals surface area contributed by atoms with Crippen LogP contribution in [0.5, 0.6) is 0 Å². The van der Waals surface area contributed by atoms with Crippen molar-refractivity contribution in [1.29, 1.82) is 0 Å². The van der Waals surface area contributed by atoms with Crippen molar-refractivity contribution in [1.82, 2.24) is 24.5 Å². The molecule has 172 valence electrons. The highest BCUT2D eigenvalue weighted by Crippen LogP contribution is 2.33. The maximum atomic E-state index is 13.3. The SMILES string of the molecule is O=C1NCCN1CCNc1nccc(-c2ccc(S(=O)(=O)N3CCc4ccccc4C3)s2)n1. The van der Waals surface area contributed by atoms with E-state index in [0.717, 1.165) is 10.4 Å². The minimum Gasteiger partial charge on any atom is -0.352 e. The molecule has 9 nitrogen and oxygen atoms in total. The molecule has 1 fully saturated rings. The largest absolute Gasteiger partial charge is 0.352 e. The molecular formula is C22H24N6O3S2. The minimum absolute atomic E-state index is 0.0593. The van der Waals surface area contributed by atoms with Crippen molar-refractivity contribution in [3.8, 4) is 10.6 Å². The van der Waals surface area contributed by atoms with Gasteiger partial charge in [0.1, 0.15) is 4.21 Å². The van der Waals surface area contributed by atoms with Crippen molar-refractivity contribution in [3.63, 3.8) is 0 Å². The van der Waals surface area contributed by atoms with E-state index in [9.17, 15) is 13.2 Å². The van der Waals surface area contributed by atoms with Crippen LogP contribution in [0.4, 0.5) is 10.7 Å². The lowest BCUT2D eigenvalue weighted by atomic mass is 10.0. The predicted octanol–water partition coefficient (Wildman–Crippen LogP) is 2.39. The predicted molar refractivity (Wildman–Crippen MR) is 127 cm³/mol. The Morgan fingerprint density at radius 2 is 1.94 bits per heavy atom. The summed E-state index contributed by atoms with van der Waals surface area (Å²) < 4.78 is 28.4. The lowest BCUT2D eigenvalue weighted by Gasteiger charge is -2.27. The first-order chi connectivity index (χ1) is 16.0. The van der Waals surface area contributed by atoms with Gasteiger partial charge in [-0.1, -0.05) is 24.3 Å². The smallest absolute Gasteiger partial charge is 0.317 e. The minimum atomic E-state index is -3.58. The van der Waals surface area contributed by atoms with Gasteiger partial charge in [0.25, 0.3) is 10.0 Å². The number of rotatable bonds is 7. The monoisotopic (exact) mass is 484 g/mol. The van der Waals surface area contributed by atoms with Gasteiger partial charge in [-0.2, -0.15) is 4.31 Å². The maximum Gasteiger partial charge on any atom is 0.317 e. The molecule has 2 aliphatic heterocycles. The van der Waals surface area contributed by atoms with Crippen molar-refractivity contribution in [2.75, 3.05) is 38.0 Å². The second kappa shape index (κ2) is 9.08. The molecule has 4 heterocycles. The van der Waals surface area contributed by atoms with E-state index in [-0.39, 0.29) is 6.03 Å². The molecule has 33 heavy (non-hydrogen) atoms.